The zero-order valence-electron chi connectivity index (χ0n) is 5.79. The third-order valence-corrected chi connectivity index (χ3v) is 1.74. The van der Waals surface area contributed by atoms with Crippen LogP contribution in [0.5, 0.6) is 0 Å². The smallest absolute Gasteiger partial charge is 0.222 e. The first-order valence-electron chi connectivity index (χ1n) is 3.40. The predicted octanol–water partition coefficient (Wildman–Crippen LogP) is 1.78. The first kappa shape index (κ1) is 6.73. The maximum atomic E-state index is 5.60. The molecule has 1 aromatic heterocycles. The van der Waals surface area contributed by atoms with Gasteiger partial charge in [0.1, 0.15) is 5.69 Å². The van der Waals surface area contributed by atoms with Crippen LogP contribution in [0.15, 0.2) is 11.2 Å². The van der Waals surface area contributed by atoms with E-state index in [9.17, 15) is 0 Å². The molecule has 2 rings (SSSR count). The fraction of sp³-hybridized carbons (Fsp3) is 0.286. The third-order valence-electron chi connectivity index (χ3n) is 1.56. The summed E-state index contributed by atoms with van der Waals surface area (Å²) in [7, 11) is 0. The zero-order chi connectivity index (χ0) is 7.68. The summed E-state index contributed by atoms with van der Waals surface area (Å²) in [6.07, 6.45) is 5.39. The zero-order valence-corrected chi connectivity index (χ0v) is 6.54. The van der Waals surface area contributed by atoms with E-state index in [4.69, 9.17) is 11.6 Å². The second-order valence-electron chi connectivity index (χ2n) is 2.32. The molecule has 2 heterocycles. The Morgan fingerprint density at radius 1 is 1.45 bits per heavy atom. The number of halogens is 1. The number of nitrogens with zero attached hydrogens (tertiary/aromatic N) is 3. The van der Waals surface area contributed by atoms with Crippen LogP contribution in [0.25, 0.3) is 0 Å². The Hall–Kier alpha value is -0.960. The average molecular weight is 168 g/mol. The van der Waals surface area contributed by atoms with Gasteiger partial charge < -0.3 is 0 Å². The molecule has 1 aliphatic rings. The number of aliphatic imine (C=N–C) groups is 1. The molecule has 3 nitrogen and oxygen atoms in total. The van der Waals surface area contributed by atoms with Crippen molar-refractivity contribution in [3.8, 4) is 0 Å². The predicted molar refractivity (Wildman–Crippen MR) is 43.5 cm³/mol. The van der Waals surface area contributed by atoms with E-state index in [1.807, 2.05) is 6.21 Å². The van der Waals surface area contributed by atoms with Gasteiger partial charge in [-0.2, -0.15) is 0 Å². The van der Waals surface area contributed by atoms with Crippen LogP contribution in [-0.4, -0.2) is 16.2 Å². The molecule has 0 aliphatic carbocycles. The molecule has 0 spiro atoms. The van der Waals surface area contributed by atoms with Crippen LogP contribution in [0.1, 0.15) is 12.1 Å². The van der Waals surface area contributed by atoms with Crippen molar-refractivity contribution in [2.24, 2.45) is 4.99 Å². The lowest BCUT2D eigenvalue weighted by molar-refractivity contribution is 0.936. The number of rotatable bonds is 0. The van der Waals surface area contributed by atoms with E-state index in [0.717, 1.165) is 24.2 Å². The molecule has 4 heteroatoms. The summed E-state index contributed by atoms with van der Waals surface area (Å²) in [4.78, 5) is 12.0. The molecule has 1 aromatic rings. The van der Waals surface area contributed by atoms with E-state index in [0.29, 0.717) is 5.28 Å². The molecule has 1 aliphatic heterocycles. The van der Waals surface area contributed by atoms with Crippen LogP contribution in [-0.2, 0) is 6.42 Å². The van der Waals surface area contributed by atoms with Crippen molar-refractivity contribution in [2.45, 2.75) is 12.8 Å². The normalized spacial score (nSPS) is 14.6. The quantitative estimate of drug-likeness (QED) is 0.553. The minimum atomic E-state index is 0.306. The van der Waals surface area contributed by atoms with Gasteiger partial charge in [-0.05, 0) is 24.4 Å². The Morgan fingerprint density at radius 2 is 2.36 bits per heavy atom. The number of hydrogen-bond donors (Lipinski definition) is 0. The number of hydrogen-bond acceptors (Lipinski definition) is 3. The summed E-state index contributed by atoms with van der Waals surface area (Å²) >= 11 is 5.60. The fourth-order valence-electron chi connectivity index (χ4n) is 1.04. The number of aromatic nitrogens is 2. The van der Waals surface area contributed by atoms with E-state index in [1.54, 1.807) is 6.20 Å². The van der Waals surface area contributed by atoms with Gasteiger partial charge >= 0.3 is 0 Å². The maximum absolute atomic E-state index is 5.60. The summed E-state index contributed by atoms with van der Waals surface area (Å²) in [5.41, 5.74) is 1.80. The highest BCUT2D eigenvalue weighted by molar-refractivity contribution is 6.28. The minimum Gasteiger partial charge on any atom is -0.258 e. The molecule has 0 aromatic carbocycles. The lowest BCUT2D eigenvalue weighted by atomic mass is 10.2. The Balaban J connectivity index is 2.53. The Labute approximate surface area is 69.2 Å². The van der Waals surface area contributed by atoms with Crippen LogP contribution in [0, 0.1) is 0 Å². The van der Waals surface area contributed by atoms with E-state index in [1.165, 1.54) is 0 Å². The van der Waals surface area contributed by atoms with Crippen LogP contribution in [0.2, 0.25) is 5.28 Å². The number of fused-ring (bicyclic) bond motifs is 1. The summed E-state index contributed by atoms with van der Waals surface area (Å²) in [6, 6.07) is 0. The minimum absolute atomic E-state index is 0.306. The van der Waals surface area contributed by atoms with Crippen LogP contribution >= 0.6 is 11.6 Å². The van der Waals surface area contributed by atoms with Gasteiger partial charge in [-0.3, -0.25) is 4.99 Å². The van der Waals surface area contributed by atoms with Crippen molar-refractivity contribution in [1.82, 2.24) is 9.97 Å². The average Bonchev–Trinajstić information content (AvgIpc) is 2.04. The molecule has 0 atom stereocenters. The molecule has 56 valence electrons. The highest BCUT2D eigenvalue weighted by Gasteiger charge is 2.07. The molecular weight excluding hydrogens is 162 g/mol. The summed E-state index contributed by atoms with van der Waals surface area (Å²) in [6.45, 7) is 0. The van der Waals surface area contributed by atoms with Gasteiger partial charge in [-0.25, -0.2) is 9.97 Å². The maximum Gasteiger partial charge on any atom is 0.222 e. The molecular formula is C7H6ClN3. The standard InChI is InChI=1S/C7H6ClN3/c8-7-10-4-6-5(11-7)2-1-3-9-6/h3-4H,1-2H2. The Morgan fingerprint density at radius 3 is 3.27 bits per heavy atom. The van der Waals surface area contributed by atoms with Crippen molar-refractivity contribution in [2.75, 3.05) is 0 Å². The van der Waals surface area contributed by atoms with Crippen molar-refractivity contribution < 1.29 is 0 Å². The first-order valence-corrected chi connectivity index (χ1v) is 3.78. The van der Waals surface area contributed by atoms with Crippen molar-refractivity contribution in [3.63, 3.8) is 0 Å². The highest BCUT2D eigenvalue weighted by Crippen LogP contribution is 2.21. The van der Waals surface area contributed by atoms with E-state index in [2.05, 4.69) is 15.0 Å². The summed E-state index contributed by atoms with van der Waals surface area (Å²) < 4.78 is 0. The molecule has 11 heavy (non-hydrogen) atoms. The third kappa shape index (κ3) is 1.24. The van der Waals surface area contributed by atoms with E-state index >= 15 is 0 Å². The van der Waals surface area contributed by atoms with Crippen molar-refractivity contribution in [3.05, 3.63) is 17.2 Å². The van der Waals surface area contributed by atoms with Gasteiger partial charge in [0, 0.05) is 6.21 Å². The summed E-state index contributed by atoms with van der Waals surface area (Å²) in [5.74, 6) is 0. The van der Waals surface area contributed by atoms with E-state index in [-0.39, 0.29) is 0 Å². The van der Waals surface area contributed by atoms with Crippen LogP contribution in [0.3, 0.4) is 0 Å². The Bertz CT molecular complexity index is 309. The lowest BCUT2D eigenvalue weighted by Gasteiger charge is -2.06. The highest BCUT2D eigenvalue weighted by atomic mass is 35.5. The second-order valence-corrected chi connectivity index (χ2v) is 2.66. The molecule has 0 unspecified atom stereocenters. The molecule has 0 saturated heterocycles. The van der Waals surface area contributed by atoms with Gasteiger partial charge in [-0.1, -0.05) is 0 Å². The topological polar surface area (TPSA) is 38.1 Å². The van der Waals surface area contributed by atoms with Crippen molar-refractivity contribution >= 4 is 23.5 Å². The van der Waals surface area contributed by atoms with Gasteiger partial charge in [0.25, 0.3) is 0 Å². The second kappa shape index (κ2) is 2.58. The molecule has 0 saturated carbocycles. The largest absolute Gasteiger partial charge is 0.258 e. The summed E-state index contributed by atoms with van der Waals surface area (Å²) in [5, 5.41) is 0.306. The monoisotopic (exact) mass is 167 g/mol. The molecule has 0 N–H and O–H groups in total. The van der Waals surface area contributed by atoms with Gasteiger partial charge in [0.05, 0.1) is 11.9 Å². The Kier molecular flexibility index (Phi) is 1.58. The molecule has 0 radical (unpaired) electrons. The SMILES string of the molecule is Clc1ncc2c(n1)CCC=N2. The van der Waals surface area contributed by atoms with Crippen LogP contribution < -0.4 is 0 Å². The van der Waals surface area contributed by atoms with Crippen molar-refractivity contribution in [1.29, 1.82) is 0 Å². The fourth-order valence-corrected chi connectivity index (χ4v) is 1.19. The van der Waals surface area contributed by atoms with E-state index < -0.39 is 0 Å². The van der Waals surface area contributed by atoms with Gasteiger partial charge in [-0.15, -0.1) is 0 Å². The lowest BCUT2D eigenvalue weighted by Crippen LogP contribution is -1.98. The molecule has 0 fully saturated rings. The molecule has 0 bridgehead atoms. The van der Waals surface area contributed by atoms with Crippen LogP contribution in [0.4, 0.5) is 5.69 Å². The number of aryl methyl sites for hydroxylation is 1. The van der Waals surface area contributed by atoms with Gasteiger partial charge in [0.15, 0.2) is 0 Å². The van der Waals surface area contributed by atoms with Gasteiger partial charge in [0.2, 0.25) is 5.28 Å². The first-order chi connectivity index (χ1) is 5.36. The molecule has 0 amide bonds.